The molecule has 0 bridgehead atoms. The maximum absolute atomic E-state index is 10.7. The van der Waals surface area contributed by atoms with E-state index in [1.54, 1.807) is 12.3 Å². The number of carboxylic acid groups (broad SMARTS) is 1. The minimum atomic E-state index is -0.994. The third kappa shape index (κ3) is 3.43. The first kappa shape index (κ1) is 12.8. The number of carboxylic acids is 1. The van der Waals surface area contributed by atoms with E-state index < -0.39 is 5.97 Å². The van der Waals surface area contributed by atoms with Crippen LogP contribution in [0.2, 0.25) is 0 Å². The molecule has 2 heterocycles. The SMILES string of the molecule is CC(CN1CCCC1)Nc1ccc(C(=O)O)nc1. The number of nitrogens with zero attached hydrogens (tertiary/aromatic N) is 2. The summed E-state index contributed by atoms with van der Waals surface area (Å²) in [5.74, 6) is -0.994. The van der Waals surface area contributed by atoms with Crippen LogP contribution in [0.15, 0.2) is 18.3 Å². The van der Waals surface area contributed by atoms with Gasteiger partial charge in [0.25, 0.3) is 0 Å². The van der Waals surface area contributed by atoms with Crippen LogP contribution < -0.4 is 5.32 Å². The lowest BCUT2D eigenvalue weighted by atomic mass is 10.2. The maximum Gasteiger partial charge on any atom is 0.354 e. The molecule has 1 unspecified atom stereocenters. The van der Waals surface area contributed by atoms with Crippen LogP contribution in [-0.2, 0) is 0 Å². The number of hydrogen-bond acceptors (Lipinski definition) is 4. The fourth-order valence-electron chi connectivity index (χ4n) is 2.29. The van der Waals surface area contributed by atoms with Gasteiger partial charge in [-0.1, -0.05) is 0 Å². The second-order valence-corrected chi connectivity index (χ2v) is 4.79. The quantitative estimate of drug-likeness (QED) is 0.831. The first-order valence-corrected chi connectivity index (χ1v) is 6.33. The van der Waals surface area contributed by atoms with Crippen molar-refractivity contribution in [1.29, 1.82) is 0 Å². The zero-order chi connectivity index (χ0) is 13.0. The van der Waals surface area contributed by atoms with Crippen LogP contribution in [0.5, 0.6) is 0 Å². The first-order valence-electron chi connectivity index (χ1n) is 6.33. The summed E-state index contributed by atoms with van der Waals surface area (Å²) in [6.45, 7) is 5.51. The molecule has 5 heteroatoms. The van der Waals surface area contributed by atoms with Gasteiger partial charge in [-0.3, -0.25) is 0 Å². The highest BCUT2D eigenvalue weighted by Crippen LogP contribution is 2.11. The molecule has 1 aliphatic rings. The molecule has 1 aromatic rings. The number of aromatic carboxylic acids is 1. The van der Waals surface area contributed by atoms with Crippen molar-refractivity contribution >= 4 is 11.7 Å². The van der Waals surface area contributed by atoms with Gasteiger partial charge in [-0.25, -0.2) is 9.78 Å². The van der Waals surface area contributed by atoms with E-state index in [1.165, 1.54) is 32.0 Å². The molecule has 98 valence electrons. The lowest BCUT2D eigenvalue weighted by Gasteiger charge is -2.21. The number of nitrogens with one attached hydrogen (secondary N) is 1. The molecule has 0 aromatic carbocycles. The summed E-state index contributed by atoms with van der Waals surface area (Å²) < 4.78 is 0. The minimum absolute atomic E-state index is 0.0766. The molecule has 1 fully saturated rings. The minimum Gasteiger partial charge on any atom is -0.477 e. The van der Waals surface area contributed by atoms with Crippen molar-refractivity contribution in [3.05, 3.63) is 24.0 Å². The molecule has 0 saturated carbocycles. The van der Waals surface area contributed by atoms with E-state index in [9.17, 15) is 4.79 Å². The molecule has 18 heavy (non-hydrogen) atoms. The molecule has 2 rings (SSSR count). The Balaban J connectivity index is 1.86. The number of likely N-dealkylation sites (tertiary alicyclic amines) is 1. The van der Waals surface area contributed by atoms with Gasteiger partial charge in [0.1, 0.15) is 5.69 Å². The van der Waals surface area contributed by atoms with Crippen LogP contribution in [0.4, 0.5) is 5.69 Å². The number of carbonyl (C=O) groups is 1. The molecular formula is C13H19N3O2. The predicted molar refractivity (Wildman–Crippen MR) is 70.0 cm³/mol. The molecule has 0 radical (unpaired) electrons. The average Bonchev–Trinajstić information content (AvgIpc) is 2.82. The summed E-state index contributed by atoms with van der Waals surface area (Å²) in [5, 5.41) is 12.1. The van der Waals surface area contributed by atoms with E-state index >= 15 is 0 Å². The fraction of sp³-hybridized carbons (Fsp3) is 0.538. The molecule has 5 nitrogen and oxygen atoms in total. The molecule has 1 atom stereocenters. The Bertz CT molecular complexity index is 399. The van der Waals surface area contributed by atoms with Crippen molar-refractivity contribution in [3.8, 4) is 0 Å². The molecule has 0 spiro atoms. The summed E-state index contributed by atoms with van der Waals surface area (Å²) in [6, 6.07) is 3.62. The number of hydrogen-bond donors (Lipinski definition) is 2. The Labute approximate surface area is 107 Å². The molecule has 1 aromatic heterocycles. The van der Waals surface area contributed by atoms with E-state index in [4.69, 9.17) is 5.11 Å². The Morgan fingerprint density at radius 1 is 1.50 bits per heavy atom. The Morgan fingerprint density at radius 2 is 2.22 bits per heavy atom. The van der Waals surface area contributed by atoms with Crippen molar-refractivity contribution < 1.29 is 9.90 Å². The average molecular weight is 249 g/mol. The van der Waals surface area contributed by atoms with Crippen molar-refractivity contribution in [2.24, 2.45) is 0 Å². The highest BCUT2D eigenvalue weighted by Gasteiger charge is 2.14. The summed E-state index contributed by atoms with van der Waals surface area (Å²) in [5.41, 5.74) is 0.944. The third-order valence-electron chi connectivity index (χ3n) is 3.13. The van der Waals surface area contributed by atoms with Crippen molar-refractivity contribution in [2.75, 3.05) is 25.0 Å². The van der Waals surface area contributed by atoms with Crippen LogP contribution in [0, 0.1) is 0 Å². The Morgan fingerprint density at radius 3 is 2.78 bits per heavy atom. The normalized spacial score (nSPS) is 17.6. The molecule has 1 aliphatic heterocycles. The molecule has 0 aliphatic carbocycles. The van der Waals surface area contributed by atoms with Crippen molar-refractivity contribution in [1.82, 2.24) is 9.88 Å². The van der Waals surface area contributed by atoms with Crippen LogP contribution in [-0.4, -0.2) is 46.6 Å². The lowest BCUT2D eigenvalue weighted by Crippen LogP contribution is -2.32. The van der Waals surface area contributed by atoms with Gasteiger partial charge in [-0.2, -0.15) is 0 Å². The van der Waals surface area contributed by atoms with Gasteiger partial charge in [0.15, 0.2) is 0 Å². The van der Waals surface area contributed by atoms with E-state index in [-0.39, 0.29) is 5.69 Å². The van der Waals surface area contributed by atoms with E-state index in [0.717, 1.165) is 12.2 Å². The molecule has 2 N–H and O–H groups in total. The second kappa shape index (κ2) is 5.82. The summed E-state index contributed by atoms with van der Waals surface area (Å²) in [6.07, 6.45) is 4.16. The van der Waals surface area contributed by atoms with Gasteiger partial charge in [-0.05, 0) is 45.0 Å². The summed E-state index contributed by atoms with van der Waals surface area (Å²) >= 11 is 0. The smallest absolute Gasteiger partial charge is 0.354 e. The summed E-state index contributed by atoms with van der Waals surface area (Å²) in [4.78, 5) is 17.0. The van der Waals surface area contributed by atoms with Gasteiger partial charge >= 0.3 is 5.97 Å². The van der Waals surface area contributed by atoms with Crippen molar-refractivity contribution in [3.63, 3.8) is 0 Å². The van der Waals surface area contributed by atoms with E-state index in [2.05, 4.69) is 22.1 Å². The van der Waals surface area contributed by atoms with Gasteiger partial charge in [0, 0.05) is 12.6 Å². The summed E-state index contributed by atoms with van der Waals surface area (Å²) in [7, 11) is 0. The fourth-order valence-corrected chi connectivity index (χ4v) is 2.29. The molecular weight excluding hydrogens is 230 g/mol. The Hall–Kier alpha value is -1.62. The standard InChI is InChI=1S/C13H19N3O2/c1-10(9-16-6-2-3-7-16)15-11-4-5-12(13(17)18)14-8-11/h4-5,8,10,15H,2-3,6-7,9H2,1H3,(H,17,18). The van der Waals surface area contributed by atoms with Crippen LogP contribution in [0.3, 0.4) is 0 Å². The number of rotatable bonds is 5. The van der Waals surface area contributed by atoms with Gasteiger partial charge in [0.05, 0.1) is 11.9 Å². The van der Waals surface area contributed by atoms with E-state index in [1.807, 2.05) is 0 Å². The number of pyridine rings is 1. The van der Waals surface area contributed by atoms with Gasteiger partial charge in [0.2, 0.25) is 0 Å². The predicted octanol–water partition coefficient (Wildman–Crippen LogP) is 1.68. The first-order chi connectivity index (χ1) is 8.65. The maximum atomic E-state index is 10.7. The largest absolute Gasteiger partial charge is 0.477 e. The zero-order valence-corrected chi connectivity index (χ0v) is 10.6. The van der Waals surface area contributed by atoms with Gasteiger partial charge in [-0.15, -0.1) is 0 Å². The van der Waals surface area contributed by atoms with Crippen LogP contribution in [0.25, 0.3) is 0 Å². The molecule has 1 saturated heterocycles. The van der Waals surface area contributed by atoms with Crippen molar-refractivity contribution in [2.45, 2.75) is 25.8 Å². The highest BCUT2D eigenvalue weighted by molar-refractivity contribution is 5.85. The van der Waals surface area contributed by atoms with E-state index in [0.29, 0.717) is 6.04 Å². The zero-order valence-electron chi connectivity index (χ0n) is 10.6. The topological polar surface area (TPSA) is 65.5 Å². The van der Waals surface area contributed by atoms with Gasteiger partial charge < -0.3 is 15.3 Å². The lowest BCUT2D eigenvalue weighted by molar-refractivity contribution is 0.0690. The number of aromatic nitrogens is 1. The third-order valence-corrected chi connectivity index (χ3v) is 3.13. The monoisotopic (exact) mass is 249 g/mol. The number of anilines is 1. The van der Waals surface area contributed by atoms with Crippen LogP contribution in [0.1, 0.15) is 30.3 Å². The van der Waals surface area contributed by atoms with Crippen LogP contribution >= 0.6 is 0 Å². The highest BCUT2D eigenvalue weighted by atomic mass is 16.4. The second-order valence-electron chi connectivity index (χ2n) is 4.79. The Kier molecular flexibility index (Phi) is 4.15. The molecule has 0 amide bonds.